The molecule has 0 aliphatic carbocycles. The lowest BCUT2D eigenvalue weighted by Gasteiger charge is -2.19. The molecule has 3 rings (SSSR count). The fraction of sp³-hybridized carbons (Fsp3) is 0.125. The molecule has 0 saturated carbocycles. The number of para-hydroxylation sites is 2. The predicted molar refractivity (Wildman–Crippen MR) is 85.8 cm³/mol. The normalized spacial score (nSPS) is 10.7. The molecule has 1 aromatic heterocycles. The molecule has 0 bridgehead atoms. The summed E-state index contributed by atoms with van der Waals surface area (Å²) in [7, 11) is 2.03. The first kappa shape index (κ1) is 13.1. The monoisotopic (exact) mass is 327 g/mol. The minimum Gasteiger partial charge on any atom is -0.354 e. The van der Waals surface area contributed by atoms with Crippen LogP contribution in [0.4, 0.5) is 5.82 Å². The summed E-state index contributed by atoms with van der Waals surface area (Å²) in [4.78, 5) is 11.2. The van der Waals surface area contributed by atoms with E-state index in [0.29, 0.717) is 0 Å². The Hall–Kier alpha value is -1.94. The van der Waals surface area contributed by atoms with Crippen LogP contribution in [0.5, 0.6) is 0 Å². The van der Waals surface area contributed by atoms with E-state index in [1.54, 1.807) is 0 Å². The van der Waals surface area contributed by atoms with E-state index >= 15 is 0 Å². The summed E-state index contributed by atoms with van der Waals surface area (Å²) in [6, 6.07) is 16.1. The van der Waals surface area contributed by atoms with Gasteiger partial charge in [-0.1, -0.05) is 46.3 Å². The standard InChI is InChI=1S/C16H14BrN3/c1-20(11-12-6-2-3-7-13(12)17)16-10-18-14-8-4-5-9-15(14)19-16/h2-10H,11H2,1H3. The van der Waals surface area contributed by atoms with E-state index in [4.69, 9.17) is 0 Å². The van der Waals surface area contributed by atoms with Crippen LogP contribution in [0.1, 0.15) is 5.56 Å². The zero-order valence-electron chi connectivity index (χ0n) is 11.1. The van der Waals surface area contributed by atoms with Gasteiger partial charge in [0.1, 0.15) is 5.82 Å². The van der Waals surface area contributed by atoms with Crippen molar-refractivity contribution >= 4 is 32.8 Å². The third-order valence-corrected chi connectivity index (χ3v) is 3.97. The summed E-state index contributed by atoms with van der Waals surface area (Å²) < 4.78 is 1.11. The molecule has 0 aliphatic rings. The Balaban J connectivity index is 1.89. The second-order valence-corrected chi connectivity index (χ2v) is 5.52. The number of aromatic nitrogens is 2. The van der Waals surface area contributed by atoms with Gasteiger partial charge in [0.2, 0.25) is 0 Å². The van der Waals surface area contributed by atoms with Gasteiger partial charge in [0, 0.05) is 18.1 Å². The molecule has 2 aromatic carbocycles. The highest BCUT2D eigenvalue weighted by atomic mass is 79.9. The summed E-state index contributed by atoms with van der Waals surface area (Å²) in [5.41, 5.74) is 3.07. The molecule has 0 N–H and O–H groups in total. The molecule has 0 aliphatic heterocycles. The molecule has 0 unspecified atom stereocenters. The number of benzene rings is 2. The average molecular weight is 328 g/mol. The summed E-state index contributed by atoms with van der Waals surface area (Å²) in [5.74, 6) is 0.874. The molecule has 0 fully saturated rings. The van der Waals surface area contributed by atoms with Crippen molar-refractivity contribution in [3.63, 3.8) is 0 Å². The molecule has 0 atom stereocenters. The molecule has 4 heteroatoms. The lowest BCUT2D eigenvalue weighted by molar-refractivity contribution is 0.893. The first-order valence-corrected chi connectivity index (χ1v) is 7.19. The fourth-order valence-electron chi connectivity index (χ4n) is 2.09. The number of hydrogen-bond donors (Lipinski definition) is 0. The maximum Gasteiger partial charge on any atom is 0.147 e. The third kappa shape index (κ3) is 2.65. The van der Waals surface area contributed by atoms with Crippen molar-refractivity contribution in [2.45, 2.75) is 6.54 Å². The van der Waals surface area contributed by atoms with Crippen LogP contribution in [0.25, 0.3) is 11.0 Å². The van der Waals surface area contributed by atoms with Crippen molar-refractivity contribution in [3.05, 3.63) is 64.8 Å². The van der Waals surface area contributed by atoms with Gasteiger partial charge in [0.05, 0.1) is 17.2 Å². The molecular formula is C16H14BrN3. The van der Waals surface area contributed by atoms with Gasteiger partial charge in [-0.3, -0.25) is 4.98 Å². The lowest BCUT2D eigenvalue weighted by Crippen LogP contribution is -2.18. The molecule has 3 aromatic rings. The summed E-state index contributed by atoms with van der Waals surface area (Å²) in [6.45, 7) is 0.786. The van der Waals surface area contributed by atoms with Gasteiger partial charge in [-0.2, -0.15) is 0 Å². The SMILES string of the molecule is CN(Cc1ccccc1Br)c1cnc2ccccc2n1. The van der Waals surface area contributed by atoms with Crippen LogP contribution in [0.2, 0.25) is 0 Å². The Labute approximate surface area is 126 Å². The zero-order chi connectivity index (χ0) is 13.9. The van der Waals surface area contributed by atoms with Crippen LogP contribution in [-0.4, -0.2) is 17.0 Å². The molecule has 0 saturated heterocycles. The number of halogens is 1. The highest BCUT2D eigenvalue weighted by Gasteiger charge is 2.07. The molecule has 0 radical (unpaired) electrons. The van der Waals surface area contributed by atoms with Crippen molar-refractivity contribution in [1.82, 2.24) is 9.97 Å². The first-order valence-electron chi connectivity index (χ1n) is 6.40. The molecule has 0 amide bonds. The lowest BCUT2D eigenvalue weighted by atomic mass is 10.2. The Bertz CT molecular complexity index is 742. The van der Waals surface area contributed by atoms with Crippen molar-refractivity contribution in [3.8, 4) is 0 Å². The maximum atomic E-state index is 4.65. The van der Waals surface area contributed by atoms with Gasteiger partial charge in [-0.25, -0.2) is 4.98 Å². The van der Waals surface area contributed by atoms with Crippen LogP contribution < -0.4 is 4.90 Å². The summed E-state index contributed by atoms with van der Waals surface area (Å²) in [5, 5.41) is 0. The first-order chi connectivity index (χ1) is 9.74. The molecular weight excluding hydrogens is 314 g/mol. The minimum absolute atomic E-state index is 0.786. The van der Waals surface area contributed by atoms with E-state index in [2.05, 4.69) is 42.9 Å². The maximum absolute atomic E-state index is 4.65. The highest BCUT2D eigenvalue weighted by molar-refractivity contribution is 9.10. The van der Waals surface area contributed by atoms with E-state index in [1.807, 2.05) is 49.6 Å². The van der Waals surface area contributed by atoms with Crippen molar-refractivity contribution in [1.29, 1.82) is 0 Å². The number of anilines is 1. The fourth-order valence-corrected chi connectivity index (χ4v) is 2.50. The Kier molecular flexibility index (Phi) is 3.65. The Morgan fingerprint density at radius 3 is 2.50 bits per heavy atom. The largest absolute Gasteiger partial charge is 0.354 e. The van der Waals surface area contributed by atoms with E-state index in [-0.39, 0.29) is 0 Å². The van der Waals surface area contributed by atoms with Crippen LogP contribution in [-0.2, 0) is 6.54 Å². The summed E-state index contributed by atoms with van der Waals surface area (Å²) >= 11 is 3.57. The second kappa shape index (κ2) is 5.59. The smallest absolute Gasteiger partial charge is 0.147 e. The van der Waals surface area contributed by atoms with Gasteiger partial charge >= 0.3 is 0 Å². The second-order valence-electron chi connectivity index (χ2n) is 4.66. The molecule has 1 heterocycles. The number of nitrogens with zero attached hydrogens (tertiary/aromatic N) is 3. The van der Waals surface area contributed by atoms with Crippen molar-refractivity contribution < 1.29 is 0 Å². The molecule has 20 heavy (non-hydrogen) atoms. The predicted octanol–water partition coefficient (Wildman–Crippen LogP) is 4.03. The van der Waals surface area contributed by atoms with Gasteiger partial charge < -0.3 is 4.90 Å². The summed E-state index contributed by atoms with van der Waals surface area (Å²) in [6.07, 6.45) is 1.82. The molecule has 100 valence electrons. The van der Waals surface area contributed by atoms with Crippen molar-refractivity contribution in [2.24, 2.45) is 0 Å². The van der Waals surface area contributed by atoms with Crippen LogP contribution in [0, 0.1) is 0 Å². The van der Waals surface area contributed by atoms with Crippen molar-refractivity contribution in [2.75, 3.05) is 11.9 Å². The van der Waals surface area contributed by atoms with Gasteiger partial charge in [0.15, 0.2) is 0 Å². The van der Waals surface area contributed by atoms with Gasteiger partial charge in [0.25, 0.3) is 0 Å². The van der Waals surface area contributed by atoms with Crippen LogP contribution >= 0.6 is 15.9 Å². The zero-order valence-corrected chi connectivity index (χ0v) is 12.7. The number of rotatable bonds is 3. The minimum atomic E-state index is 0.786. The number of hydrogen-bond acceptors (Lipinski definition) is 3. The quantitative estimate of drug-likeness (QED) is 0.727. The van der Waals surface area contributed by atoms with Crippen LogP contribution in [0.15, 0.2) is 59.2 Å². The molecule has 3 nitrogen and oxygen atoms in total. The number of fused-ring (bicyclic) bond motifs is 1. The third-order valence-electron chi connectivity index (χ3n) is 3.19. The average Bonchev–Trinajstić information content (AvgIpc) is 2.49. The van der Waals surface area contributed by atoms with E-state index in [0.717, 1.165) is 27.9 Å². The van der Waals surface area contributed by atoms with E-state index in [1.165, 1.54) is 5.56 Å². The van der Waals surface area contributed by atoms with E-state index < -0.39 is 0 Å². The molecule has 0 spiro atoms. The Morgan fingerprint density at radius 1 is 1.00 bits per heavy atom. The highest BCUT2D eigenvalue weighted by Crippen LogP contribution is 2.20. The van der Waals surface area contributed by atoms with Gasteiger partial charge in [-0.15, -0.1) is 0 Å². The topological polar surface area (TPSA) is 29.0 Å². The van der Waals surface area contributed by atoms with Crippen LogP contribution in [0.3, 0.4) is 0 Å². The Morgan fingerprint density at radius 2 is 1.70 bits per heavy atom. The van der Waals surface area contributed by atoms with Gasteiger partial charge in [-0.05, 0) is 23.8 Å². The van der Waals surface area contributed by atoms with E-state index in [9.17, 15) is 0 Å².